The van der Waals surface area contributed by atoms with Crippen LogP contribution < -0.4 is 15.4 Å². The molecule has 0 aromatic carbocycles. The molecule has 3 heterocycles. The number of anilines is 2. The largest absolute Gasteiger partial charge is 0.391 e. The molecule has 1 aliphatic rings. The fourth-order valence-corrected chi connectivity index (χ4v) is 4.44. The van der Waals surface area contributed by atoms with E-state index in [0.717, 1.165) is 0 Å². The van der Waals surface area contributed by atoms with Crippen LogP contribution in [-0.2, 0) is 16.8 Å². The van der Waals surface area contributed by atoms with Crippen LogP contribution in [0.1, 0.15) is 33.6 Å². The minimum Gasteiger partial charge on any atom is -0.391 e. The van der Waals surface area contributed by atoms with Crippen LogP contribution in [0.3, 0.4) is 0 Å². The van der Waals surface area contributed by atoms with E-state index in [-0.39, 0.29) is 12.1 Å². The zero-order valence-corrected chi connectivity index (χ0v) is 18.1. The third-order valence-corrected chi connectivity index (χ3v) is 6.76. The highest BCUT2D eigenvalue weighted by Gasteiger charge is 2.31. The molecule has 29 heavy (non-hydrogen) atoms. The van der Waals surface area contributed by atoms with Gasteiger partial charge in [-0.25, -0.2) is 9.71 Å². The van der Waals surface area contributed by atoms with E-state index in [1.807, 2.05) is 18.4 Å². The summed E-state index contributed by atoms with van der Waals surface area (Å²) in [5, 5.41) is 16.5. The second-order valence-corrected chi connectivity index (χ2v) is 9.07. The average Bonchev–Trinajstić information content (AvgIpc) is 3.33. The summed E-state index contributed by atoms with van der Waals surface area (Å²) in [6.45, 7) is 7.20. The van der Waals surface area contributed by atoms with Gasteiger partial charge in [-0.05, 0) is 26.7 Å². The van der Waals surface area contributed by atoms with Crippen molar-refractivity contribution in [1.29, 1.82) is 0 Å². The molecule has 1 fully saturated rings. The maximum atomic E-state index is 12.0. The Bertz CT molecular complexity index is 946. The molecule has 0 spiro atoms. The van der Waals surface area contributed by atoms with Crippen molar-refractivity contribution in [2.75, 3.05) is 30.8 Å². The first-order chi connectivity index (χ1) is 13.8. The molecule has 0 radical (unpaired) electrons. The Hall–Kier alpha value is -2.02. The van der Waals surface area contributed by atoms with Gasteiger partial charge in [-0.3, -0.25) is 0 Å². The summed E-state index contributed by atoms with van der Waals surface area (Å²) < 4.78 is 29.8. The summed E-state index contributed by atoms with van der Waals surface area (Å²) in [5.74, 6) is 0.958. The molecule has 4 N–H and O–H groups in total. The summed E-state index contributed by atoms with van der Waals surface area (Å²) in [6, 6.07) is -0.268. The molecule has 0 bridgehead atoms. The average molecular weight is 427 g/mol. The summed E-state index contributed by atoms with van der Waals surface area (Å²) in [5.41, 5.74) is 1.32. The number of hydrogen-bond donors (Lipinski definition) is 4. The van der Waals surface area contributed by atoms with Crippen molar-refractivity contribution >= 4 is 33.1 Å². The predicted molar refractivity (Wildman–Crippen MR) is 112 cm³/mol. The Morgan fingerprint density at radius 2 is 2.10 bits per heavy atom. The van der Waals surface area contributed by atoms with Gasteiger partial charge in [0.25, 0.3) is 10.2 Å². The molecule has 0 aliphatic carbocycles. The van der Waals surface area contributed by atoms with Crippen LogP contribution >= 0.6 is 0 Å². The first kappa shape index (κ1) is 21.7. The minimum absolute atomic E-state index is 0.0883. The van der Waals surface area contributed by atoms with Crippen LogP contribution in [0.15, 0.2) is 6.33 Å². The highest BCUT2D eigenvalue weighted by atomic mass is 32.2. The summed E-state index contributed by atoms with van der Waals surface area (Å²) in [7, 11) is -2.04. The van der Waals surface area contributed by atoms with Gasteiger partial charge in [0.15, 0.2) is 17.0 Å². The fraction of sp³-hybridized carbons (Fsp3) is 0.706. The van der Waals surface area contributed by atoms with Crippen LogP contribution in [-0.4, -0.2) is 75.7 Å². The SMILES string of the molecule is CC[C@H](Nc1nc(N[C@H]2CCN(S(=O)(=O)NC)C2)c2ncn(CC)c2n1)[C@@H](C)O. The van der Waals surface area contributed by atoms with Crippen molar-refractivity contribution in [2.24, 2.45) is 0 Å². The number of hydrogen-bond acceptors (Lipinski definition) is 8. The molecular weight excluding hydrogens is 396 g/mol. The number of imidazole rings is 1. The molecule has 2 aromatic rings. The van der Waals surface area contributed by atoms with Gasteiger partial charge in [0.2, 0.25) is 5.95 Å². The summed E-state index contributed by atoms with van der Waals surface area (Å²) in [6.07, 6.45) is 2.54. The van der Waals surface area contributed by atoms with Gasteiger partial charge in [0, 0.05) is 32.7 Å². The lowest BCUT2D eigenvalue weighted by atomic mass is 10.1. The third-order valence-electron chi connectivity index (χ3n) is 5.23. The second kappa shape index (κ2) is 8.78. The molecule has 2 aromatic heterocycles. The summed E-state index contributed by atoms with van der Waals surface area (Å²) in [4.78, 5) is 13.6. The number of nitrogens with one attached hydrogen (secondary N) is 3. The molecule has 162 valence electrons. The van der Waals surface area contributed by atoms with E-state index < -0.39 is 16.3 Å². The van der Waals surface area contributed by atoms with E-state index in [4.69, 9.17) is 0 Å². The highest BCUT2D eigenvalue weighted by molar-refractivity contribution is 7.87. The Labute approximate surface area is 171 Å². The smallest absolute Gasteiger partial charge is 0.279 e. The van der Waals surface area contributed by atoms with Crippen molar-refractivity contribution in [3.63, 3.8) is 0 Å². The van der Waals surface area contributed by atoms with Gasteiger partial charge < -0.3 is 20.3 Å². The predicted octanol–water partition coefficient (Wildman–Crippen LogP) is 0.368. The molecule has 0 saturated carbocycles. The number of aryl methyl sites for hydroxylation is 1. The number of rotatable bonds is 9. The fourth-order valence-electron chi connectivity index (χ4n) is 3.46. The van der Waals surface area contributed by atoms with Gasteiger partial charge in [0.05, 0.1) is 18.5 Å². The topological polar surface area (TPSA) is 137 Å². The van der Waals surface area contributed by atoms with Crippen molar-refractivity contribution in [1.82, 2.24) is 28.5 Å². The highest BCUT2D eigenvalue weighted by Crippen LogP contribution is 2.24. The van der Waals surface area contributed by atoms with E-state index in [2.05, 4.69) is 30.3 Å². The Kier molecular flexibility index (Phi) is 6.56. The third kappa shape index (κ3) is 4.60. The zero-order valence-electron chi connectivity index (χ0n) is 17.3. The van der Waals surface area contributed by atoms with Gasteiger partial charge in [0.1, 0.15) is 0 Å². The molecule has 1 saturated heterocycles. The van der Waals surface area contributed by atoms with Crippen molar-refractivity contribution in [3.8, 4) is 0 Å². The van der Waals surface area contributed by atoms with Crippen LogP contribution in [0.25, 0.3) is 11.2 Å². The molecule has 12 heteroatoms. The number of aromatic nitrogens is 4. The number of nitrogens with zero attached hydrogens (tertiary/aromatic N) is 5. The minimum atomic E-state index is -3.45. The molecule has 0 unspecified atom stereocenters. The van der Waals surface area contributed by atoms with E-state index in [1.54, 1.807) is 13.3 Å². The lowest BCUT2D eigenvalue weighted by molar-refractivity contribution is 0.169. The number of aliphatic hydroxyl groups is 1. The van der Waals surface area contributed by atoms with E-state index in [0.29, 0.717) is 55.4 Å². The first-order valence-electron chi connectivity index (χ1n) is 9.91. The van der Waals surface area contributed by atoms with Crippen LogP contribution in [0, 0.1) is 0 Å². The van der Waals surface area contributed by atoms with Crippen LogP contribution in [0.5, 0.6) is 0 Å². The molecule has 0 amide bonds. The second-order valence-electron chi connectivity index (χ2n) is 7.20. The van der Waals surface area contributed by atoms with E-state index >= 15 is 0 Å². The Balaban J connectivity index is 1.89. The molecular formula is C17H30N8O3S. The van der Waals surface area contributed by atoms with Crippen molar-refractivity contribution in [3.05, 3.63) is 6.33 Å². The van der Waals surface area contributed by atoms with Gasteiger partial charge in [-0.2, -0.15) is 22.7 Å². The number of aliphatic hydroxyl groups excluding tert-OH is 1. The van der Waals surface area contributed by atoms with Crippen LogP contribution in [0.2, 0.25) is 0 Å². The lowest BCUT2D eigenvalue weighted by Gasteiger charge is -2.21. The standard InChI is InChI=1S/C17H30N8O3S/c1-5-13(11(3)26)21-17-22-15(14-16(23-17)24(6-2)10-19-14)20-12-7-8-25(9-12)29(27,28)18-4/h10-13,18,26H,5-9H2,1-4H3,(H2,20,21,22,23)/t11-,12+,13+/m1/s1. The van der Waals surface area contributed by atoms with Crippen molar-refractivity contribution < 1.29 is 13.5 Å². The zero-order chi connectivity index (χ0) is 21.2. The van der Waals surface area contributed by atoms with Gasteiger partial charge in [-0.1, -0.05) is 6.92 Å². The van der Waals surface area contributed by atoms with E-state index in [9.17, 15) is 13.5 Å². The maximum absolute atomic E-state index is 12.0. The monoisotopic (exact) mass is 426 g/mol. The first-order valence-corrected chi connectivity index (χ1v) is 11.4. The van der Waals surface area contributed by atoms with Gasteiger partial charge >= 0.3 is 0 Å². The van der Waals surface area contributed by atoms with Gasteiger partial charge in [-0.15, -0.1) is 0 Å². The Morgan fingerprint density at radius 3 is 2.72 bits per heavy atom. The quantitative estimate of drug-likeness (QED) is 0.451. The van der Waals surface area contributed by atoms with Crippen LogP contribution in [0.4, 0.5) is 11.8 Å². The molecule has 11 nitrogen and oxygen atoms in total. The molecule has 3 rings (SSSR count). The molecule has 1 aliphatic heterocycles. The Morgan fingerprint density at radius 1 is 1.34 bits per heavy atom. The van der Waals surface area contributed by atoms with Crippen molar-refractivity contribution in [2.45, 2.75) is 58.3 Å². The molecule has 3 atom stereocenters. The normalized spacial score (nSPS) is 20.1. The summed E-state index contributed by atoms with van der Waals surface area (Å²) >= 11 is 0. The number of fused-ring (bicyclic) bond motifs is 1. The lowest BCUT2D eigenvalue weighted by Crippen LogP contribution is -2.38. The van der Waals surface area contributed by atoms with E-state index in [1.165, 1.54) is 11.4 Å². The maximum Gasteiger partial charge on any atom is 0.279 e.